The van der Waals surface area contributed by atoms with Crippen LogP contribution in [0.3, 0.4) is 0 Å². The number of carbonyl (C=O) groups excluding carboxylic acids is 2. The highest BCUT2D eigenvalue weighted by atomic mass is 16.5. The molecule has 0 unspecified atom stereocenters. The molecular weight excluding hydrogens is 322 g/mol. The molecule has 130 valence electrons. The lowest BCUT2D eigenvalue weighted by Crippen LogP contribution is -2.45. The van der Waals surface area contributed by atoms with E-state index in [1.807, 2.05) is 30.3 Å². The third-order valence-corrected chi connectivity index (χ3v) is 4.82. The Morgan fingerprint density at radius 3 is 2.84 bits per heavy atom. The Hall–Kier alpha value is -2.67. The average molecular weight is 341 g/mol. The molecule has 2 saturated heterocycles. The molecule has 1 aromatic heterocycles. The van der Waals surface area contributed by atoms with Gasteiger partial charge in [0.05, 0.1) is 12.1 Å². The zero-order valence-electron chi connectivity index (χ0n) is 13.8. The monoisotopic (exact) mass is 341 g/mol. The zero-order chi connectivity index (χ0) is 17.4. The van der Waals surface area contributed by atoms with Gasteiger partial charge < -0.3 is 19.5 Å². The van der Waals surface area contributed by atoms with Gasteiger partial charge in [-0.15, -0.1) is 0 Å². The van der Waals surface area contributed by atoms with E-state index in [0.29, 0.717) is 18.8 Å². The van der Waals surface area contributed by atoms with Crippen LogP contribution < -0.4 is 5.32 Å². The summed E-state index contributed by atoms with van der Waals surface area (Å²) in [6, 6.07) is 11.3. The fraction of sp³-hybridized carbons (Fsp3) is 0.389. The number of carbonyl (C=O) groups is 2. The van der Waals surface area contributed by atoms with Crippen LogP contribution in [0.15, 0.2) is 40.9 Å². The summed E-state index contributed by atoms with van der Waals surface area (Å²) in [4.78, 5) is 26.4. The molecule has 2 amide bonds. The summed E-state index contributed by atoms with van der Waals surface area (Å²) in [6.07, 6.45) is -0.238. The average Bonchev–Trinajstić information content (AvgIpc) is 3.17. The minimum Gasteiger partial charge on any atom is -0.365 e. The second-order valence-electron chi connectivity index (χ2n) is 6.44. The van der Waals surface area contributed by atoms with Crippen molar-refractivity contribution in [3.05, 3.63) is 53.4 Å². The predicted octanol–water partition coefficient (Wildman–Crippen LogP) is 1.11. The predicted molar refractivity (Wildman–Crippen MR) is 88.0 cm³/mol. The first kappa shape index (κ1) is 15.8. The molecule has 2 aliphatic heterocycles. The highest BCUT2D eigenvalue weighted by Gasteiger charge is 2.47. The number of amides is 2. The van der Waals surface area contributed by atoms with Gasteiger partial charge in [0, 0.05) is 25.1 Å². The topological polar surface area (TPSA) is 84.7 Å². The Labute approximate surface area is 144 Å². The Morgan fingerprint density at radius 1 is 1.32 bits per heavy atom. The Bertz CT molecular complexity index is 789. The summed E-state index contributed by atoms with van der Waals surface area (Å²) in [5, 5.41) is 6.67. The molecule has 0 bridgehead atoms. The highest BCUT2D eigenvalue weighted by Crippen LogP contribution is 2.35. The molecule has 2 aliphatic rings. The smallest absolute Gasteiger partial charge is 0.276 e. The molecule has 4 rings (SSSR count). The van der Waals surface area contributed by atoms with Gasteiger partial charge in [-0.05, 0) is 12.5 Å². The molecule has 1 N–H and O–H groups in total. The van der Waals surface area contributed by atoms with Gasteiger partial charge in [-0.1, -0.05) is 35.5 Å². The van der Waals surface area contributed by atoms with Crippen LogP contribution in [0.25, 0.3) is 0 Å². The Kier molecular flexibility index (Phi) is 4.01. The summed E-state index contributed by atoms with van der Waals surface area (Å²) >= 11 is 0. The first-order valence-electron chi connectivity index (χ1n) is 8.31. The van der Waals surface area contributed by atoms with Crippen LogP contribution in [0.1, 0.15) is 27.7 Å². The second-order valence-corrected chi connectivity index (χ2v) is 6.44. The third-order valence-electron chi connectivity index (χ3n) is 4.82. The first-order chi connectivity index (χ1) is 12.1. The minimum atomic E-state index is -0.238. The zero-order valence-corrected chi connectivity index (χ0v) is 13.8. The van der Waals surface area contributed by atoms with E-state index in [1.165, 1.54) is 0 Å². The van der Waals surface area contributed by atoms with Gasteiger partial charge in [-0.2, -0.15) is 0 Å². The maximum Gasteiger partial charge on any atom is 0.276 e. The number of fused-ring (bicyclic) bond motifs is 1. The van der Waals surface area contributed by atoms with Gasteiger partial charge in [0.1, 0.15) is 12.4 Å². The van der Waals surface area contributed by atoms with Crippen molar-refractivity contribution in [3.63, 3.8) is 0 Å². The van der Waals surface area contributed by atoms with E-state index in [9.17, 15) is 9.59 Å². The normalized spacial score (nSPS) is 26.0. The van der Waals surface area contributed by atoms with Gasteiger partial charge in [0.2, 0.25) is 5.91 Å². The van der Waals surface area contributed by atoms with Crippen LogP contribution in [0.2, 0.25) is 0 Å². The van der Waals surface area contributed by atoms with Crippen molar-refractivity contribution >= 4 is 11.8 Å². The van der Waals surface area contributed by atoms with E-state index in [1.54, 1.807) is 17.9 Å². The van der Waals surface area contributed by atoms with Crippen molar-refractivity contribution in [2.75, 3.05) is 19.7 Å². The van der Waals surface area contributed by atoms with Gasteiger partial charge in [-0.3, -0.25) is 9.59 Å². The standard InChI is InChI=1S/C18H19N3O4/c1-11-7-14(20-25-11)18(23)21-9-13(12-5-3-2-4-6-12)17-15(21)8-19-16(22)10-24-17/h2-7,13,15,17H,8-10H2,1H3,(H,19,22)/t13-,15-,17-/m1/s1. The number of benzene rings is 1. The first-order valence-corrected chi connectivity index (χ1v) is 8.31. The van der Waals surface area contributed by atoms with Crippen LogP contribution in [0.5, 0.6) is 0 Å². The Morgan fingerprint density at radius 2 is 2.12 bits per heavy atom. The number of hydrogen-bond acceptors (Lipinski definition) is 5. The number of nitrogens with zero attached hydrogens (tertiary/aromatic N) is 2. The van der Waals surface area contributed by atoms with Crippen molar-refractivity contribution in [1.29, 1.82) is 0 Å². The van der Waals surface area contributed by atoms with Crippen LogP contribution in [-0.2, 0) is 9.53 Å². The molecule has 25 heavy (non-hydrogen) atoms. The lowest BCUT2D eigenvalue weighted by atomic mass is 9.93. The van der Waals surface area contributed by atoms with Gasteiger partial charge in [-0.25, -0.2) is 0 Å². The fourth-order valence-electron chi connectivity index (χ4n) is 3.63. The van der Waals surface area contributed by atoms with Crippen LogP contribution in [0, 0.1) is 6.92 Å². The van der Waals surface area contributed by atoms with E-state index in [2.05, 4.69) is 10.5 Å². The number of aromatic nitrogens is 1. The molecule has 2 aromatic rings. The molecule has 3 heterocycles. The summed E-state index contributed by atoms with van der Waals surface area (Å²) in [6.45, 7) is 2.64. The number of rotatable bonds is 2. The minimum absolute atomic E-state index is 0.00952. The van der Waals surface area contributed by atoms with E-state index in [-0.39, 0.29) is 42.2 Å². The summed E-state index contributed by atoms with van der Waals surface area (Å²) in [5.41, 5.74) is 1.37. The molecule has 0 saturated carbocycles. The number of ether oxygens (including phenoxy) is 1. The molecule has 2 fully saturated rings. The Balaban J connectivity index is 1.67. The van der Waals surface area contributed by atoms with Gasteiger partial charge in [0.15, 0.2) is 5.69 Å². The largest absolute Gasteiger partial charge is 0.365 e. The maximum atomic E-state index is 12.9. The van der Waals surface area contributed by atoms with Crippen molar-refractivity contribution in [2.45, 2.75) is 25.0 Å². The second kappa shape index (κ2) is 6.33. The third kappa shape index (κ3) is 2.91. The summed E-state index contributed by atoms with van der Waals surface area (Å²) in [5.74, 6) is 0.232. The van der Waals surface area contributed by atoms with Gasteiger partial charge in [0.25, 0.3) is 5.91 Å². The highest BCUT2D eigenvalue weighted by molar-refractivity contribution is 5.93. The molecule has 0 aliphatic carbocycles. The van der Waals surface area contributed by atoms with Crippen molar-refractivity contribution in [1.82, 2.24) is 15.4 Å². The van der Waals surface area contributed by atoms with E-state index in [4.69, 9.17) is 9.26 Å². The number of nitrogens with one attached hydrogen (secondary N) is 1. The quantitative estimate of drug-likeness (QED) is 0.884. The lowest BCUT2D eigenvalue weighted by molar-refractivity contribution is -0.125. The van der Waals surface area contributed by atoms with E-state index in [0.717, 1.165) is 5.56 Å². The van der Waals surface area contributed by atoms with Crippen molar-refractivity contribution in [2.24, 2.45) is 0 Å². The molecule has 0 radical (unpaired) electrons. The molecule has 7 heteroatoms. The van der Waals surface area contributed by atoms with Crippen molar-refractivity contribution < 1.29 is 18.8 Å². The summed E-state index contributed by atoms with van der Waals surface area (Å²) < 4.78 is 10.9. The van der Waals surface area contributed by atoms with Crippen LogP contribution in [0.4, 0.5) is 0 Å². The van der Waals surface area contributed by atoms with Crippen LogP contribution in [-0.4, -0.2) is 53.7 Å². The van der Waals surface area contributed by atoms with Crippen LogP contribution >= 0.6 is 0 Å². The molecular formula is C18H19N3O4. The number of likely N-dealkylation sites (tertiary alicyclic amines) is 1. The SMILES string of the molecule is Cc1cc(C(=O)N2C[C@H](c3ccccc3)[C@H]3OCC(=O)NC[C@H]32)no1. The number of aryl methyl sites for hydroxylation is 1. The maximum absolute atomic E-state index is 12.9. The summed E-state index contributed by atoms with van der Waals surface area (Å²) in [7, 11) is 0. The number of hydrogen-bond donors (Lipinski definition) is 1. The molecule has 1 aromatic carbocycles. The van der Waals surface area contributed by atoms with E-state index >= 15 is 0 Å². The molecule has 0 spiro atoms. The fourth-order valence-corrected chi connectivity index (χ4v) is 3.63. The van der Waals surface area contributed by atoms with Crippen molar-refractivity contribution in [3.8, 4) is 0 Å². The molecule has 3 atom stereocenters. The molecule has 7 nitrogen and oxygen atoms in total. The lowest BCUT2D eigenvalue weighted by Gasteiger charge is -2.25. The van der Waals surface area contributed by atoms with Gasteiger partial charge >= 0.3 is 0 Å². The van der Waals surface area contributed by atoms with E-state index < -0.39 is 0 Å².